The smallest absolute Gasteiger partial charge is 0.0464 e. The highest BCUT2D eigenvalue weighted by molar-refractivity contribution is 5.81. The molecule has 8 aromatic carbocycles. The van der Waals surface area contributed by atoms with Gasteiger partial charge in [0.25, 0.3) is 0 Å². The molecule has 0 fully saturated rings. The van der Waals surface area contributed by atoms with E-state index in [4.69, 9.17) is 0 Å². The summed E-state index contributed by atoms with van der Waals surface area (Å²) in [5.74, 6) is 0. The van der Waals surface area contributed by atoms with E-state index >= 15 is 0 Å². The van der Waals surface area contributed by atoms with Gasteiger partial charge < -0.3 is 9.80 Å². The molecule has 0 aliphatic carbocycles. The Hall–Kier alpha value is -7.42. The standard InChI is InChI=1S/C58H50N2/c1-43-9-5-13-55(39-43)59(56-14-6-10-44(2)40-56)53-35-31-51(32-36-53)29-27-49-23-19-47(20-24-49)17-18-48-21-25-50(26-22-48)28-30-52-33-37-54(38-34-52)60(57-15-7-11-45(3)41-57)58-16-8-12-46(4)42-58/h5-42H,1-4H3/b18-17+,29-27+,30-28+. The lowest BCUT2D eigenvalue weighted by molar-refractivity contribution is 1.26. The summed E-state index contributed by atoms with van der Waals surface area (Å²) in [6.45, 7) is 8.56. The van der Waals surface area contributed by atoms with Crippen LogP contribution in [0.2, 0.25) is 0 Å². The molecule has 0 saturated heterocycles. The summed E-state index contributed by atoms with van der Waals surface area (Å²) in [6, 6.07) is 69.6. The van der Waals surface area contributed by atoms with E-state index in [0.717, 1.165) is 56.4 Å². The van der Waals surface area contributed by atoms with Gasteiger partial charge in [0.15, 0.2) is 0 Å². The van der Waals surface area contributed by atoms with Crippen molar-refractivity contribution < 1.29 is 0 Å². The average Bonchev–Trinajstić information content (AvgIpc) is 3.26. The molecule has 0 unspecified atom stereocenters. The molecule has 8 rings (SSSR count). The van der Waals surface area contributed by atoms with Crippen LogP contribution < -0.4 is 9.80 Å². The molecule has 60 heavy (non-hydrogen) atoms. The molecule has 0 radical (unpaired) electrons. The lowest BCUT2D eigenvalue weighted by atomic mass is 10.1. The van der Waals surface area contributed by atoms with Crippen molar-refractivity contribution in [3.8, 4) is 0 Å². The summed E-state index contributed by atoms with van der Waals surface area (Å²) in [4.78, 5) is 4.64. The van der Waals surface area contributed by atoms with Gasteiger partial charge in [-0.15, -0.1) is 0 Å². The Kier molecular flexibility index (Phi) is 12.1. The third kappa shape index (κ3) is 9.99. The minimum atomic E-state index is 1.13. The second-order valence-electron chi connectivity index (χ2n) is 15.5. The highest BCUT2D eigenvalue weighted by atomic mass is 15.1. The van der Waals surface area contributed by atoms with Crippen molar-refractivity contribution in [2.24, 2.45) is 0 Å². The fourth-order valence-electron chi connectivity index (χ4n) is 7.45. The minimum Gasteiger partial charge on any atom is -0.310 e. The number of aryl methyl sites for hydroxylation is 4. The largest absolute Gasteiger partial charge is 0.310 e. The fraction of sp³-hybridized carbons (Fsp3) is 0.0690. The molecule has 2 nitrogen and oxygen atoms in total. The second kappa shape index (κ2) is 18.4. The molecule has 0 N–H and O–H groups in total. The predicted octanol–water partition coefficient (Wildman–Crippen LogP) is 16.4. The van der Waals surface area contributed by atoms with Crippen molar-refractivity contribution in [3.05, 3.63) is 250 Å². The predicted molar refractivity (Wildman–Crippen MR) is 261 cm³/mol. The molecular formula is C58H50N2. The second-order valence-corrected chi connectivity index (χ2v) is 15.5. The van der Waals surface area contributed by atoms with Gasteiger partial charge in [-0.3, -0.25) is 0 Å². The number of hydrogen-bond acceptors (Lipinski definition) is 2. The molecular weight excluding hydrogens is 725 g/mol. The molecule has 0 aliphatic heterocycles. The van der Waals surface area contributed by atoms with Crippen molar-refractivity contribution in [2.45, 2.75) is 27.7 Å². The zero-order valence-corrected chi connectivity index (χ0v) is 34.8. The van der Waals surface area contributed by atoms with E-state index in [9.17, 15) is 0 Å². The first-order valence-electron chi connectivity index (χ1n) is 20.6. The Bertz CT molecular complexity index is 2480. The third-order valence-corrected chi connectivity index (χ3v) is 10.6. The molecule has 0 heterocycles. The van der Waals surface area contributed by atoms with Crippen LogP contribution in [0, 0.1) is 27.7 Å². The molecule has 292 valence electrons. The topological polar surface area (TPSA) is 6.48 Å². The van der Waals surface area contributed by atoms with Crippen LogP contribution in [0.1, 0.15) is 55.6 Å². The minimum absolute atomic E-state index is 1.13. The molecule has 0 atom stereocenters. The molecule has 2 heteroatoms. The summed E-state index contributed by atoms with van der Waals surface area (Å²) >= 11 is 0. The van der Waals surface area contributed by atoms with Crippen molar-refractivity contribution in [2.75, 3.05) is 9.80 Å². The first-order valence-corrected chi connectivity index (χ1v) is 20.6. The van der Waals surface area contributed by atoms with Gasteiger partial charge in [0, 0.05) is 34.1 Å². The van der Waals surface area contributed by atoms with E-state index in [1.807, 2.05) is 0 Å². The molecule has 0 spiro atoms. The highest BCUT2D eigenvalue weighted by Crippen LogP contribution is 2.37. The van der Waals surface area contributed by atoms with E-state index in [-0.39, 0.29) is 0 Å². The maximum Gasteiger partial charge on any atom is 0.0464 e. The Morgan fingerprint density at radius 2 is 0.433 bits per heavy atom. The lowest BCUT2D eigenvalue weighted by Gasteiger charge is -2.26. The molecule has 0 saturated carbocycles. The van der Waals surface area contributed by atoms with Gasteiger partial charge in [0.05, 0.1) is 0 Å². The van der Waals surface area contributed by atoms with Crippen molar-refractivity contribution in [1.29, 1.82) is 0 Å². The van der Waals surface area contributed by atoms with Crippen LogP contribution in [0.3, 0.4) is 0 Å². The summed E-state index contributed by atoms with van der Waals surface area (Å²) in [7, 11) is 0. The van der Waals surface area contributed by atoms with Gasteiger partial charge in [0.1, 0.15) is 0 Å². The van der Waals surface area contributed by atoms with Crippen LogP contribution in [0.4, 0.5) is 34.1 Å². The summed E-state index contributed by atoms with van der Waals surface area (Å²) in [5, 5.41) is 0. The summed E-state index contributed by atoms with van der Waals surface area (Å²) < 4.78 is 0. The Morgan fingerprint density at radius 3 is 0.633 bits per heavy atom. The molecule has 8 aromatic rings. The van der Waals surface area contributed by atoms with Crippen molar-refractivity contribution >= 4 is 70.6 Å². The average molecular weight is 775 g/mol. The van der Waals surface area contributed by atoms with E-state index in [0.29, 0.717) is 0 Å². The van der Waals surface area contributed by atoms with E-state index in [1.54, 1.807) is 0 Å². The Labute approximate surface area is 356 Å². The highest BCUT2D eigenvalue weighted by Gasteiger charge is 2.14. The molecule has 0 aromatic heterocycles. The van der Waals surface area contributed by atoms with Gasteiger partial charge in [0.2, 0.25) is 0 Å². The van der Waals surface area contributed by atoms with Gasteiger partial charge in [-0.25, -0.2) is 0 Å². The first-order chi connectivity index (χ1) is 29.3. The number of nitrogens with zero attached hydrogens (tertiary/aromatic N) is 2. The number of rotatable bonds is 12. The van der Waals surface area contributed by atoms with Crippen molar-refractivity contribution in [1.82, 2.24) is 0 Å². The summed E-state index contributed by atoms with van der Waals surface area (Å²) in [5.41, 5.74) is 18.8. The fourth-order valence-corrected chi connectivity index (χ4v) is 7.45. The Morgan fingerprint density at radius 1 is 0.233 bits per heavy atom. The maximum absolute atomic E-state index is 2.32. The van der Waals surface area contributed by atoms with Crippen LogP contribution >= 0.6 is 0 Å². The maximum atomic E-state index is 2.32. The first kappa shape index (κ1) is 39.4. The van der Waals surface area contributed by atoms with Gasteiger partial charge in [-0.1, -0.05) is 158 Å². The SMILES string of the molecule is Cc1cccc(N(c2ccc(/C=C/c3ccc(/C=C/c4ccc(/C=C/c5ccc(N(c6cccc(C)c6)c6cccc(C)c6)cc5)cc4)cc3)cc2)c2cccc(C)c2)c1. The van der Waals surface area contributed by atoms with Crippen LogP contribution in [0.15, 0.2) is 194 Å². The van der Waals surface area contributed by atoms with Crippen LogP contribution in [-0.4, -0.2) is 0 Å². The number of anilines is 6. The zero-order chi connectivity index (χ0) is 41.3. The lowest BCUT2D eigenvalue weighted by Crippen LogP contribution is -2.10. The quantitative estimate of drug-likeness (QED) is 0.114. The monoisotopic (exact) mass is 774 g/mol. The normalized spacial score (nSPS) is 11.5. The molecule has 0 amide bonds. The van der Waals surface area contributed by atoms with E-state index in [1.165, 1.54) is 33.4 Å². The molecule has 0 bridgehead atoms. The molecule has 0 aliphatic rings. The third-order valence-electron chi connectivity index (χ3n) is 10.6. The van der Waals surface area contributed by atoms with Crippen LogP contribution in [-0.2, 0) is 0 Å². The van der Waals surface area contributed by atoms with Gasteiger partial charge in [-0.2, -0.15) is 0 Å². The van der Waals surface area contributed by atoms with Crippen LogP contribution in [0.25, 0.3) is 36.5 Å². The van der Waals surface area contributed by atoms with E-state index < -0.39 is 0 Å². The van der Waals surface area contributed by atoms with E-state index in [2.05, 4.69) is 268 Å². The zero-order valence-electron chi connectivity index (χ0n) is 34.8. The Balaban J connectivity index is 0.880. The van der Waals surface area contributed by atoms with Crippen LogP contribution in [0.5, 0.6) is 0 Å². The summed E-state index contributed by atoms with van der Waals surface area (Å²) in [6.07, 6.45) is 13.0. The number of hydrogen-bond donors (Lipinski definition) is 0. The number of benzene rings is 8. The van der Waals surface area contributed by atoms with Gasteiger partial charge in [-0.05, 0) is 156 Å². The van der Waals surface area contributed by atoms with Crippen molar-refractivity contribution in [3.63, 3.8) is 0 Å². The van der Waals surface area contributed by atoms with Gasteiger partial charge >= 0.3 is 0 Å².